The van der Waals surface area contributed by atoms with Crippen LogP contribution in [0.15, 0.2) is 30.3 Å². The number of nitrogens with zero attached hydrogens (tertiary/aromatic N) is 3. The minimum Gasteiger partial charge on any atom is -0.439 e. The maximum absolute atomic E-state index is 12.8. The molecule has 21 heavy (non-hydrogen) atoms. The van der Waals surface area contributed by atoms with E-state index in [1.165, 1.54) is 17.0 Å². The third-order valence-electron chi connectivity index (χ3n) is 2.42. The van der Waals surface area contributed by atoms with Gasteiger partial charge in [0.25, 0.3) is 0 Å². The van der Waals surface area contributed by atoms with E-state index in [1.807, 2.05) is 0 Å². The number of hydrogen-bond donors (Lipinski definition) is 0. The van der Waals surface area contributed by atoms with Gasteiger partial charge in [0.2, 0.25) is 11.8 Å². The summed E-state index contributed by atoms with van der Waals surface area (Å²) in [6, 6.07) is 6.95. The van der Waals surface area contributed by atoms with Crippen LogP contribution in [-0.4, -0.2) is 24.1 Å². The van der Waals surface area contributed by atoms with Crippen LogP contribution in [0.4, 0.5) is 19.1 Å². The van der Waals surface area contributed by atoms with Gasteiger partial charge in [0.1, 0.15) is 5.75 Å². The number of rotatable bonds is 3. The first kappa shape index (κ1) is 15.4. The van der Waals surface area contributed by atoms with Crippen molar-refractivity contribution >= 4 is 17.5 Å². The number of benzene rings is 1. The zero-order valence-corrected chi connectivity index (χ0v) is 11.9. The quantitative estimate of drug-likeness (QED) is 0.857. The smallest absolute Gasteiger partial charge is 0.433 e. The molecule has 0 radical (unpaired) electrons. The lowest BCUT2D eigenvalue weighted by molar-refractivity contribution is -0.141. The Morgan fingerprint density at radius 2 is 1.71 bits per heavy atom. The van der Waals surface area contributed by atoms with Gasteiger partial charge in [-0.15, -0.1) is 0 Å². The maximum atomic E-state index is 12.8. The van der Waals surface area contributed by atoms with Gasteiger partial charge >= 0.3 is 6.18 Å². The number of alkyl halides is 3. The fourth-order valence-corrected chi connectivity index (χ4v) is 1.56. The monoisotopic (exact) mass is 317 g/mol. The van der Waals surface area contributed by atoms with E-state index in [9.17, 15) is 13.2 Å². The SMILES string of the molecule is CN(C)c1nc(Oc2ccc(Cl)cc2)cc(C(F)(F)F)n1. The molecule has 4 nitrogen and oxygen atoms in total. The Kier molecular flexibility index (Phi) is 4.22. The van der Waals surface area contributed by atoms with E-state index in [4.69, 9.17) is 16.3 Å². The van der Waals surface area contributed by atoms with E-state index in [-0.39, 0.29) is 11.8 Å². The lowest BCUT2D eigenvalue weighted by Gasteiger charge is -2.15. The van der Waals surface area contributed by atoms with Crippen LogP contribution in [0.3, 0.4) is 0 Å². The predicted molar refractivity (Wildman–Crippen MR) is 72.9 cm³/mol. The molecular formula is C13H11ClF3N3O. The Labute approximate surface area is 124 Å². The summed E-state index contributed by atoms with van der Waals surface area (Å²) in [5.41, 5.74) is -1.06. The molecule has 2 rings (SSSR count). The third-order valence-corrected chi connectivity index (χ3v) is 2.67. The zero-order valence-electron chi connectivity index (χ0n) is 11.1. The predicted octanol–water partition coefficient (Wildman–Crippen LogP) is 4.01. The van der Waals surface area contributed by atoms with Crippen molar-refractivity contribution in [3.8, 4) is 11.6 Å². The minimum atomic E-state index is -4.58. The van der Waals surface area contributed by atoms with Gasteiger partial charge in [-0.25, -0.2) is 4.98 Å². The molecule has 0 N–H and O–H groups in total. The van der Waals surface area contributed by atoms with Crippen molar-refractivity contribution in [2.45, 2.75) is 6.18 Å². The average molecular weight is 318 g/mol. The largest absolute Gasteiger partial charge is 0.439 e. The number of anilines is 1. The molecule has 2 aromatic rings. The highest BCUT2D eigenvalue weighted by Gasteiger charge is 2.34. The lowest BCUT2D eigenvalue weighted by atomic mass is 10.3. The molecule has 0 aliphatic heterocycles. The van der Waals surface area contributed by atoms with Crippen molar-refractivity contribution in [3.05, 3.63) is 41.0 Å². The van der Waals surface area contributed by atoms with E-state index in [0.29, 0.717) is 10.8 Å². The van der Waals surface area contributed by atoms with Gasteiger partial charge in [-0.3, -0.25) is 0 Å². The van der Waals surface area contributed by atoms with Crippen LogP contribution < -0.4 is 9.64 Å². The Hall–Kier alpha value is -2.02. The number of halogens is 4. The maximum Gasteiger partial charge on any atom is 0.433 e. The van der Waals surface area contributed by atoms with Crippen LogP contribution in [0.5, 0.6) is 11.6 Å². The Morgan fingerprint density at radius 1 is 1.10 bits per heavy atom. The van der Waals surface area contributed by atoms with Crippen molar-refractivity contribution in [1.29, 1.82) is 0 Å². The molecule has 0 bridgehead atoms. The van der Waals surface area contributed by atoms with Crippen LogP contribution in [-0.2, 0) is 6.18 Å². The van der Waals surface area contributed by atoms with Gasteiger partial charge in [0.15, 0.2) is 5.69 Å². The molecule has 0 unspecified atom stereocenters. The zero-order chi connectivity index (χ0) is 15.6. The van der Waals surface area contributed by atoms with Crippen LogP contribution in [0.25, 0.3) is 0 Å². The van der Waals surface area contributed by atoms with E-state index >= 15 is 0 Å². The first-order chi connectivity index (χ1) is 9.75. The summed E-state index contributed by atoms with van der Waals surface area (Å²) < 4.78 is 43.8. The molecule has 0 amide bonds. The summed E-state index contributed by atoms with van der Waals surface area (Å²) in [6.07, 6.45) is -4.58. The molecule has 8 heteroatoms. The lowest BCUT2D eigenvalue weighted by Crippen LogP contribution is -2.17. The van der Waals surface area contributed by atoms with Gasteiger partial charge in [-0.05, 0) is 24.3 Å². The van der Waals surface area contributed by atoms with E-state index in [0.717, 1.165) is 6.07 Å². The topological polar surface area (TPSA) is 38.2 Å². The Bertz CT molecular complexity index is 630. The highest BCUT2D eigenvalue weighted by Crippen LogP contribution is 2.32. The molecule has 1 aromatic heterocycles. The molecular weight excluding hydrogens is 307 g/mol. The fraction of sp³-hybridized carbons (Fsp3) is 0.231. The van der Waals surface area contributed by atoms with Gasteiger partial charge < -0.3 is 9.64 Å². The van der Waals surface area contributed by atoms with E-state index in [1.54, 1.807) is 26.2 Å². The van der Waals surface area contributed by atoms with Gasteiger partial charge in [-0.2, -0.15) is 18.2 Å². The third kappa shape index (κ3) is 3.98. The van der Waals surface area contributed by atoms with Crippen molar-refractivity contribution in [2.75, 3.05) is 19.0 Å². The normalized spacial score (nSPS) is 11.3. The Balaban J connectivity index is 2.38. The molecule has 1 aromatic carbocycles. The van der Waals surface area contributed by atoms with Crippen LogP contribution in [0, 0.1) is 0 Å². The van der Waals surface area contributed by atoms with Crippen molar-refractivity contribution in [3.63, 3.8) is 0 Å². The van der Waals surface area contributed by atoms with Crippen LogP contribution in [0.1, 0.15) is 5.69 Å². The summed E-state index contributed by atoms with van der Waals surface area (Å²) in [5.74, 6) is 0.0491. The molecule has 0 fully saturated rings. The van der Waals surface area contributed by atoms with E-state index in [2.05, 4.69) is 9.97 Å². The molecule has 0 aliphatic carbocycles. The summed E-state index contributed by atoms with van der Waals surface area (Å²) >= 11 is 5.73. The van der Waals surface area contributed by atoms with Gasteiger partial charge in [0.05, 0.1) is 0 Å². The highest BCUT2D eigenvalue weighted by molar-refractivity contribution is 6.30. The summed E-state index contributed by atoms with van der Waals surface area (Å²) in [5, 5.41) is 0.495. The second-order valence-corrected chi connectivity index (χ2v) is 4.78. The molecule has 0 saturated heterocycles. The first-order valence-electron chi connectivity index (χ1n) is 5.83. The van der Waals surface area contributed by atoms with Crippen LogP contribution >= 0.6 is 11.6 Å². The first-order valence-corrected chi connectivity index (χ1v) is 6.20. The van der Waals surface area contributed by atoms with Crippen molar-refractivity contribution in [2.24, 2.45) is 0 Å². The second-order valence-electron chi connectivity index (χ2n) is 4.34. The van der Waals surface area contributed by atoms with Crippen molar-refractivity contribution < 1.29 is 17.9 Å². The molecule has 0 atom stereocenters. The molecule has 0 spiro atoms. The Morgan fingerprint density at radius 3 is 2.24 bits per heavy atom. The standard InChI is InChI=1S/C13H11ClF3N3O/c1-20(2)12-18-10(13(15,16)17)7-11(19-12)21-9-5-3-8(14)4-6-9/h3-7H,1-2H3. The van der Waals surface area contributed by atoms with Crippen molar-refractivity contribution in [1.82, 2.24) is 9.97 Å². The van der Waals surface area contributed by atoms with Gasteiger partial charge in [-0.1, -0.05) is 11.6 Å². The second kappa shape index (κ2) is 5.77. The summed E-state index contributed by atoms with van der Waals surface area (Å²) in [4.78, 5) is 8.74. The number of hydrogen-bond acceptors (Lipinski definition) is 4. The van der Waals surface area contributed by atoms with E-state index < -0.39 is 11.9 Å². The fourth-order valence-electron chi connectivity index (χ4n) is 1.43. The van der Waals surface area contributed by atoms with Gasteiger partial charge in [0, 0.05) is 25.2 Å². The number of aromatic nitrogens is 2. The molecule has 0 saturated carbocycles. The average Bonchev–Trinajstić information content (AvgIpc) is 2.40. The molecule has 112 valence electrons. The minimum absolute atomic E-state index is 0.0891. The molecule has 0 aliphatic rings. The highest BCUT2D eigenvalue weighted by atomic mass is 35.5. The summed E-state index contributed by atoms with van der Waals surface area (Å²) in [6.45, 7) is 0. The van der Waals surface area contributed by atoms with Crippen LogP contribution in [0.2, 0.25) is 5.02 Å². The summed E-state index contributed by atoms with van der Waals surface area (Å²) in [7, 11) is 3.09. The number of ether oxygens (including phenoxy) is 1. The molecule has 1 heterocycles.